The maximum absolute atomic E-state index is 13.2. The molecule has 180 valence electrons. The lowest BCUT2D eigenvalue weighted by Crippen LogP contribution is -2.30. The minimum absolute atomic E-state index is 0.0144. The molecular formula is C26H24N2O6S. The minimum atomic E-state index is -4.04. The lowest BCUT2D eigenvalue weighted by Gasteiger charge is -2.17. The predicted octanol–water partition coefficient (Wildman–Crippen LogP) is 4.06. The van der Waals surface area contributed by atoms with Crippen LogP contribution in [0.1, 0.15) is 28.4 Å². The summed E-state index contributed by atoms with van der Waals surface area (Å²) >= 11 is 0. The SMILES string of the molecule is COc1ccc(C2=C(C)C(=O)N(Cc3ccc(C(=O)Nc4cccc(OC)c4)cc3)S2(=O)=O)cc1. The zero-order chi connectivity index (χ0) is 25.2. The van der Waals surface area contributed by atoms with Crippen molar-refractivity contribution in [1.82, 2.24) is 4.31 Å². The largest absolute Gasteiger partial charge is 0.497 e. The lowest BCUT2D eigenvalue weighted by molar-refractivity contribution is -0.122. The molecule has 0 spiro atoms. The fourth-order valence-corrected chi connectivity index (χ4v) is 5.60. The molecule has 8 nitrogen and oxygen atoms in total. The molecule has 1 N–H and O–H groups in total. The number of hydrogen-bond acceptors (Lipinski definition) is 6. The first-order chi connectivity index (χ1) is 16.7. The van der Waals surface area contributed by atoms with E-state index in [1.807, 2.05) is 0 Å². The van der Waals surface area contributed by atoms with Crippen LogP contribution in [0.3, 0.4) is 0 Å². The molecule has 0 unspecified atom stereocenters. The highest BCUT2D eigenvalue weighted by Crippen LogP contribution is 2.37. The highest BCUT2D eigenvalue weighted by Gasteiger charge is 2.42. The zero-order valence-corrected chi connectivity index (χ0v) is 20.3. The molecule has 35 heavy (non-hydrogen) atoms. The van der Waals surface area contributed by atoms with Crippen LogP contribution in [0, 0.1) is 0 Å². The van der Waals surface area contributed by atoms with E-state index in [1.165, 1.54) is 14.0 Å². The molecule has 0 fully saturated rings. The summed E-state index contributed by atoms with van der Waals surface area (Å²) in [5, 5.41) is 2.79. The van der Waals surface area contributed by atoms with Crippen molar-refractivity contribution in [2.75, 3.05) is 19.5 Å². The smallest absolute Gasteiger partial charge is 0.268 e. The molecular weight excluding hydrogens is 468 g/mol. The maximum Gasteiger partial charge on any atom is 0.268 e. The van der Waals surface area contributed by atoms with E-state index < -0.39 is 15.9 Å². The average molecular weight is 493 g/mol. The molecule has 0 radical (unpaired) electrons. The highest BCUT2D eigenvalue weighted by molar-refractivity contribution is 7.99. The van der Waals surface area contributed by atoms with E-state index in [0.29, 0.717) is 33.9 Å². The Hall–Kier alpha value is -4.11. The topological polar surface area (TPSA) is 102 Å². The summed E-state index contributed by atoms with van der Waals surface area (Å²) in [5.74, 6) is 0.304. The average Bonchev–Trinajstić information content (AvgIpc) is 3.03. The second-order valence-corrected chi connectivity index (χ2v) is 9.68. The van der Waals surface area contributed by atoms with Gasteiger partial charge in [0, 0.05) is 22.9 Å². The van der Waals surface area contributed by atoms with Crippen molar-refractivity contribution in [3.63, 3.8) is 0 Å². The van der Waals surface area contributed by atoms with Gasteiger partial charge in [0.2, 0.25) is 0 Å². The summed E-state index contributed by atoms with van der Waals surface area (Å²) in [5.41, 5.74) is 2.12. The molecule has 0 aromatic heterocycles. The normalized spacial score (nSPS) is 14.7. The van der Waals surface area contributed by atoms with E-state index in [0.717, 1.165) is 4.31 Å². The predicted molar refractivity (Wildman–Crippen MR) is 132 cm³/mol. The van der Waals surface area contributed by atoms with E-state index in [1.54, 1.807) is 79.9 Å². The number of rotatable bonds is 7. The molecule has 0 saturated carbocycles. The van der Waals surface area contributed by atoms with Crippen LogP contribution in [0.15, 0.2) is 78.4 Å². The van der Waals surface area contributed by atoms with Crippen LogP contribution in [0.25, 0.3) is 4.91 Å². The van der Waals surface area contributed by atoms with E-state index in [9.17, 15) is 18.0 Å². The number of amides is 2. The van der Waals surface area contributed by atoms with Crippen LogP contribution < -0.4 is 14.8 Å². The zero-order valence-electron chi connectivity index (χ0n) is 19.4. The number of hydrogen-bond donors (Lipinski definition) is 1. The summed E-state index contributed by atoms with van der Waals surface area (Å²) in [6.45, 7) is 1.36. The fourth-order valence-electron chi connectivity index (χ4n) is 3.79. The Morgan fingerprint density at radius 3 is 2.20 bits per heavy atom. The van der Waals surface area contributed by atoms with Crippen molar-refractivity contribution in [3.8, 4) is 11.5 Å². The van der Waals surface area contributed by atoms with Gasteiger partial charge in [0.1, 0.15) is 16.4 Å². The van der Waals surface area contributed by atoms with Gasteiger partial charge >= 0.3 is 0 Å². The quantitative estimate of drug-likeness (QED) is 0.534. The third-order valence-electron chi connectivity index (χ3n) is 5.66. The van der Waals surface area contributed by atoms with Gasteiger partial charge in [-0.1, -0.05) is 18.2 Å². The third-order valence-corrected chi connectivity index (χ3v) is 7.59. The highest BCUT2D eigenvalue weighted by atomic mass is 32.2. The fraction of sp³-hybridized carbons (Fsp3) is 0.154. The van der Waals surface area contributed by atoms with Crippen LogP contribution in [0.4, 0.5) is 5.69 Å². The Morgan fingerprint density at radius 2 is 1.57 bits per heavy atom. The lowest BCUT2D eigenvalue weighted by atomic mass is 10.1. The summed E-state index contributed by atoms with van der Waals surface area (Å²) in [4.78, 5) is 25.4. The molecule has 1 aliphatic heterocycles. The number of benzene rings is 3. The molecule has 3 aromatic carbocycles. The van der Waals surface area contributed by atoms with Crippen molar-refractivity contribution in [1.29, 1.82) is 0 Å². The molecule has 0 atom stereocenters. The number of methoxy groups -OCH3 is 2. The summed E-state index contributed by atoms with van der Waals surface area (Å²) in [7, 11) is -0.977. The second kappa shape index (κ2) is 9.63. The standard InChI is InChI=1S/C26H24N2O6S/c1-17-24(19-11-13-22(33-2)14-12-19)35(31,32)28(26(17)30)16-18-7-9-20(10-8-18)25(29)27-21-5-4-6-23(15-21)34-3/h4-15H,16H2,1-3H3,(H,27,29). The summed E-state index contributed by atoms with van der Waals surface area (Å²) < 4.78 is 37.6. The van der Waals surface area contributed by atoms with Crippen molar-refractivity contribution in [3.05, 3.63) is 95.1 Å². The van der Waals surface area contributed by atoms with Gasteiger partial charge in [-0.3, -0.25) is 9.59 Å². The number of nitrogens with one attached hydrogen (secondary N) is 1. The van der Waals surface area contributed by atoms with Crippen LogP contribution >= 0.6 is 0 Å². The van der Waals surface area contributed by atoms with Crippen molar-refractivity contribution < 1.29 is 27.5 Å². The van der Waals surface area contributed by atoms with E-state index >= 15 is 0 Å². The molecule has 1 aliphatic rings. The number of ether oxygens (including phenoxy) is 2. The van der Waals surface area contributed by atoms with Crippen molar-refractivity contribution >= 4 is 32.4 Å². The number of carbonyl (C=O) groups is 2. The molecule has 0 saturated heterocycles. The molecule has 9 heteroatoms. The number of sulfonamides is 1. The van der Waals surface area contributed by atoms with Gasteiger partial charge in [-0.15, -0.1) is 0 Å². The maximum atomic E-state index is 13.2. The third kappa shape index (κ3) is 4.76. The van der Waals surface area contributed by atoms with E-state index in [4.69, 9.17) is 9.47 Å². The summed E-state index contributed by atoms with van der Waals surface area (Å²) in [6.07, 6.45) is 0. The van der Waals surface area contributed by atoms with Gasteiger partial charge in [0.05, 0.1) is 20.8 Å². The first-order valence-corrected chi connectivity index (χ1v) is 12.2. The Morgan fingerprint density at radius 1 is 0.914 bits per heavy atom. The van der Waals surface area contributed by atoms with Gasteiger partial charge in [-0.25, -0.2) is 12.7 Å². The molecule has 0 aliphatic carbocycles. The van der Waals surface area contributed by atoms with Gasteiger partial charge in [-0.05, 0) is 66.6 Å². The number of nitrogens with zero attached hydrogens (tertiary/aromatic N) is 1. The monoisotopic (exact) mass is 492 g/mol. The Kier molecular flexibility index (Phi) is 6.61. The van der Waals surface area contributed by atoms with Crippen molar-refractivity contribution in [2.24, 2.45) is 0 Å². The molecule has 4 rings (SSSR count). The van der Waals surface area contributed by atoms with Crippen LogP contribution in [-0.2, 0) is 21.4 Å². The van der Waals surface area contributed by atoms with Gasteiger partial charge in [0.25, 0.3) is 21.8 Å². The first kappa shape index (κ1) is 24.0. The summed E-state index contributed by atoms with van der Waals surface area (Å²) in [6, 6.07) is 19.9. The minimum Gasteiger partial charge on any atom is -0.497 e. The molecule has 0 bridgehead atoms. The second-order valence-electron chi connectivity index (χ2n) is 7.88. The molecule has 1 heterocycles. The molecule has 3 aromatic rings. The van der Waals surface area contributed by atoms with Crippen LogP contribution in [0.5, 0.6) is 11.5 Å². The van der Waals surface area contributed by atoms with Crippen molar-refractivity contribution in [2.45, 2.75) is 13.5 Å². The Labute approximate surface area is 203 Å². The van der Waals surface area contributed by atoms with Gasteiger partial charge in [-0.2, -0.15) is 0 Å². The van der Waals surface area contributed by atoms with Gasteiger partial charge < -0.3 is 14.8 Å². The Bertz CT molecular complexity index is 1410. The van der Waals surface area contributed by atoms with E-state index in [-0.39, 0.29) is 22.9 Å². The number of anilines is 1. The Balaban J connectivity index is 1.50. The van der Waals surface area contributed by atoms with Crippen LogP contribution in [0.2, 0.25) is 0 Å². The van der Waals surface area contributed by atoms with E-state index in [2.05, 4.69) is 5.32 Å². The van der Waals surface area contributed by atoms with Crippen LogP contribution in [-0.4, -0.2) is 38.8 Å². The molecule has 2 amide bonds. The van der Waals surface area contributed by atoms with Gasteiger partial charge in [0.15, 0.2) is 0 Å². The first-order valence-electron chi connectivity index (χ1n) is 10.7. The number of carbonyl (C=O) groups excluding carboxylic acids is 2.